The number of nitrogens with zero attached hydrogens (tertiary/aromatic N) is 1. The Labute approximate surface area is 111 Å². The Morgan fingerprint density at radius 3 is 2.65 bits per heavy atom. The van der Waals surface area contributed by atoms with E-state index in [-0.39, 0.29) is 0 Å². The van der Waals surface area contributed by atoms with Gasteiger partial charge in [0.25, 0.3) is 0 Å². The Bertz CT molecular complexity index is 448. The van der Waals surface area contributed by atoms with Crippen LogP contribution in [-0.4, -0.2) is 11.9 Å². The first-order valence-corrected chi connectivity index (χ1v) is 7.41. The van der Waals surface area contributed by atoms with Gasteiger partial charge in [-0.15, -0.1) is 22.7 Å². The minimum Gasteiger partial charge on any atom is -0.326 e. The molecule has 0 fully saturated rings. The molecule has 0 amide bonds. The molecule has 1 atom stereocenters. The first-order valence-electron chi connectivity index (χ1n) is 5.72. The maximum Gasteiger partial charge on any atom is 0.0414 e. The average molecular weight is 266 g/mol. The van der Waals surface area contributed by atoms with Crippen LogP contribution in [0.15, 0.2) is 29.6 Å². The lowest BCUT2D eigenvalue weighted by molar-refractivity contribution is 0.259. The molecule has 2 nitrogen and oxygen atoms in total. The molecule has 4 heteroatoms. The number of hydrogen-bond acceptors (Lipinski definition) is 4. The van der Waals surface area contributed by atoms with E-state index in [1.807, 2.05) is 22.7 Å². The predicted octanol–water partition coefficient (Wildman–Crippen LogP) is 3.46. The fourth-order valence-corrected chi connectivity index (χ4v) is 3.55. The van der Waals surface area contributed by atoms with Crippen molar-refractivity contribution in [1.82, 2.24) is 4.90 Å². The molecule has 2 aromatic heterocycles. The van der Waals surface area contributed by atoms with Gasteiger partial charge in [-0.05, 0) is 37.6 Å². The van der Waals surface area contributed by atoms with Gasteiger partial charge in [0, 0.05) is 33.8 Å². The fraction of sp³-hybridized carbons (Fsp3) is 0.385. The smallest absolute Gasteiger partial charge is 0.0414 e. The van der Waals surface area contributed by atoms with Crippen LogP contribution in [0.5, 0.6) is 0 Å². The van der Waals surface area contributed by atoms with E-state index in [1.165, 1.54) is 14.6 Å². The third-order valence-electron chi connectivity index (χ3n) is 2.94. The zero-order chi connectivity index (χ0) is 12.3. The second-order valence-electron chi connectivity index (χ2n) is 4.18. The van der Waals surface area contributed by atoms with Crippen molar-refractivity contribution in [1.29, 1.82) is 0 Å². The minimum absolute atomic E-state index is 0.471. The monoisotopic (exact) mass is 266 g/mol. The predicted molar refractivity (Wildman–Crippen MR) is 76.4 cm³/mol. The van der Waals surface area contributed by atoms with E-state index in [4.69, 9.17) is 5.73 Å². The second-order valence-corrected chi connectivity index (χ2v) is 6.41. The summed E-state index contributed by atoms with van der Waals surface area (Å²) in [5, 5.41) is 2.14. The first kappa shape index (κ1) is 12.8. The summed E-state index contributed by atoms with van der Waals surface area (Å²) in [7, 11) is 2.17. The molecular weight excluding hydrogens is 248 g/mol. The zero-order valence-electron chi connectivity index (χ0n) is 10.2. The van der Waals surface area contributed by atoms with Crippen molar-refractivity contribution in [3.05, 3.63) is 44.3 Å². The summed E-state index contributed by atoms with van der Waals surface area (Å²) in [5.74, 6) is 0. The number of thiophene rings is 2. The van der Waals surface area contributed by atoms with E-state index in [9.17, 15) is 0 Å². The molecule has 0 aromatic carbocycles. The average Bonchev–Trinajstić information content (AvgIpc) is 2.98. The second kappa shape index (κ2) is 5.78. The fourth-order valence-electron chi connectivity index (χ4n) is 1.75. The van der Waals surface area contributed by atoms with Crippen LogP contribution in [0.25, 0.3) is 0 Å². The largest absolute Gasteiger partial charge is 0.326 e. The molecule has 2 N–H and O–H groups in total. The molecule has 17 heavy (non-hydrogen) atoms. The van der Waals surface area contributed by atoms with Crippen LogP contribution >= 0.6 is 22.7 Å². The van der Waals surface area contributed by atoms with Crippen LogP contribution in [0.2, 0.25) is 0 Å². The Morgan fingerprint density at radius 1 is 1.29 bits per heavy atom. The summed E-state index contributed by atoms with van der Waals surface area (Å²) in [5.41, 5.74) is 5.63. The van der Waals surface area contributed by atoms with Crippen molar-refractivity contribution in [3.63, 3.8) is 0 Å². The van der Waals surface area contributed by atoms with E-state index in [0.717, 1.165) is 6.54 Å². The van der Waals surface area contributed by atoms with Gasteiger partial charge in [-0.25, -0.2) is 0 Å². The minimum atomic E-state index is 0.471. The molecule has 0 aliphatic heterocycles. The summed E-state index contributed by atoms with van der Waals surface area (Å²) >= 11 is 3.63. The van der Waals surface area contributed by atoms with Gasteiger partial charge < -0.3 is 5.73 Å². The van der Waals surface area contributed by atoms with Crippen molar-refractivity contribution in [3.8, 4) is 0 Å². The van der Waals surface area contributed by atoms with E-state index < -0.39 is 0 Å². The lowest BCUT2D eigenvalue weighted by atomic mass is 10.2. The van der Waals surface area contributed by atoms with Crippen molar-refractivity contribution in [2.24, 2.45) is 5.73 Å². The highest BCUT2D eigenvalue weighted by Gasteiger charge is 2.13. The molecule has 0 aliphatic rings. The highest BCUT2D eigenvalue weighted by molar-refractivity contribution is 7.12. The van der Waals surface area contributed by atoms with Crippen molar-refractivity contribution < 1.29 is 0 Å². The summed E-state index contributed by atoms with van der Waals surface area (Å²) in [4.78, 5) is 6.44. The maximum atomic E-state index is 5.63. The van der Waals surface area contributed by atoms with E-state index >= 15 is 0 Å². The summed E-state index contributed by atoms with van der Waals surface area (Å²) in [6, 6.07) is 9.10. The van der Waals surface area contributed by atoms with Crippen molar-refractivity contribution in [2.45, 2.75) is 26.1 Å². The molecular formula is C13H18N2S2. The number of rotatable bonds is 5. The van der Waals surface area contributed by atoms with E-state index in [0.29, 0.717) is 12.6 Å². The molecule has 92 valence electrons. The maximum absolute atomic E-state index is 5.63. The third-order valence-corrected chi connectivity index (χ3v) is 5.07. The molecule has 2 heterocycles. The number of hydrogen-bond donors (Lipinski definition) is 1. The van der Waals surface area contributed by atoms with Crippen LogP contribution < -0.4 is 5.73 Å². The molecule has 0 saturated carbocycles. The van der Waals surface area contributed by atoms with Gasteiger partial charge in [0.1, 0.15) is 0 Å². The Morgan fingerprint density at radius 2 is 2.06 bits per heavy atom. The third kappa shape index (κ3) is 3.16. The molecule has 0 bridgehead atoms. The Hall–Kier alpha value is -0.680. The van der Waals surface area contributed by atoms with Crippen LogP contribution in [-0.2, 0) is 13.1 Å². The number of nitrogens with two attached hydrogens (primary N) is 1. The highest BCUT2D eigenvalue weighted by Crippen LogP contribution is 2.26. The quantitative estimate of drug-likeness (QED) is 0.898. The van der Waals surface area contributed by atoms with Gasteiger partial charge in [-0.3, -0.25) is 4.90 Å². The van der Waals surface area contributed by atoms with Gasteiger partial charge in [-0.2, -0.15) is 0 Å². The highest BCUT2D eigenvalue weighted by atomic mass is 32.1. The Kier molecular flexibility index (Phi) is 4.34. The molecule has 0 spiro atoms. The van der Waals surface area contributed by atoms with Gasteiger partial charge in [0.2, 0.25) is 0 Å². The van der Waals surface area contributed by atoms with E-state index in [1.54, 1.807) is 0 Å². The lowest BCUT2D eigenvalue weighted by Crippen LogP contribution is -2.20. The lowest BCUT2D eigenvalue weighted by Gasteiger charge is -2.23. The zero-order valence-corrected chi connectivity index (χ0v) is 11.9. The van der Waals surface area contributed by atoms with Gasteiger partial charge >= 0.3 is 0 Å². The molecule has 0 saturated heterocycles. The van der Waals surface area contributed by atoms with Gasteiger partial charge in [0.05, 0.1) is 0 Å². The first-order chi connectivity index (χ1) is 8.20. The van der Waals surface area contributed by atoms with Crippen LogP contribution in [0.3, 0.4) is 0 Å². The van der Waals surface area contributed by atoms with Crippen LogP contribution in [0.4, 0.5) is 0 Å². The topological polar surface area (TPSA) is 29.3 Å². The summed E-state index contributed by atoms with van der Waals surface area (Å²) in [6.45, 7) is 3.89. The van der Waals surface area contributed by atoms with Crippen LogP contribution in [0, 0.1) is 0 Å². The standard InChI is InChI=1S/C13H18N2S2/c1-10(13-4-3-7-16-13)15(2)9-12-6-5-11(8-14)17-12/h3-7,10H,8-9,14H2,1-2H3. The van der Waals surface area contributed by atoms with Gasteiger partial charge in [-0.1, -0.05) is 6.07 Å². The van der Waals surface area contributed by atoms with Crippen LogP contribution in [0.1, 0.15) is 27.6 Å². The normalized spacial score (nSPS) is 13.2. The van der Waals surface area contributed by atoms with Crippen molar-refractivity contribution >= 4 is 22.7 Å². The molecule has 0 aliphatic carbocycles. The molecule has 1 unspecified atom stereocenters. The van der Waals surface area contributed by atoms with Gasteiger partial charge in [0.15, 0.2) is 0 Å². The van der Waals surface area contributed by atoms with E-state index in [2.05, 4.69) is 48.5 Å². The molecule has 0 radical (unpaired) electrons. The summed E-state index contributed by atoms with van der Waals surface area (Å²) < 4.78 is 0. The molecule has 2 aromatic rings. The molecule has 2 rings (SSSR count). The Balaban J connectivity index is 1.99. The van der Waals surface area contributed by atoms with Crippen molar-refractivity contribution in [2.75, 3.05) is 7.05 Å². The SMILES string of the molecule is CC(c1cccs1)N(C)Cc1ccc(CN)s1. The summed E-state index contributed by atoms with van der Waals surface area (Å²) in [6.07, 6.45) is 0.